The quantitative estimate of drug-likeness (QED) is 0.328. The molecule has 0 spiro atoms. The molecule has 0 saturated heterocycles. The van der Waals surface area contributed by atoms with Crippen molar-refractivity contribution in [2.24, 2.45) is 0 Å². The van der Waals surface area contributed by atoms with Crippen molar-refractivity contribution in [3.63, 3.8) is 0 Å². The molecule has 0 aromatic carbocycles. The molecule has 12 heavy (non-hydrogen) atoms. The van der Waals surface area contributed by atoms with Crippen LogP contribution in [-0.2, 0) is 9.57 Å². The third-order valence-corrected chi connectivity index (χ3v) is 1.07. The van der Waals surface area contributed by atoms with Gasteiger partial charge in [-0.3, -0.25) is 4.84 Å². The van der Waals surface area contributed by atoms with Gasteiger partial charge in [0.15, 0.2) is 0 Å². The van der Waals surface area contributed by atoms with Gasteiger partial charge in [0.2, 0.25) is 6.29 Å². The van der Waals surface area contributed by atoms with Crippen molar-refractivity contribution in [2.45, 2.75) is 13.2 Å². The van der Waals surface area contributed by atoms with E-state index in [1.54, 1.807) is 25.9 Å². The molecule has 1 atom stereocenters. The van der Waals surface area contributed by atoms with Gasteiger partial charge in [-0.05, 0) is 21.0 Å². The molecule has 6 nitrogen and oxygen atoms in total. The molecule has 0 aromatic heterocycles. The first-order valence-electron chi connectivity index (χ1n) is 3.63. The molecule has 0 aliphatic heterocycles. The fourth-order valence-electron chi connectivity index (χ4n) is 0.696. The molecule has 0 N–H and O–H groups in total. The zero-order chi connectivity index (χ0) is 9.56. The summed E-state index contributed by atoms with van der Waals surface area (Å²) in [6.07, 6.45) is -0.792. The van der Waals surface area contributed by atoms with E-state index in [9.17, 15) is 10.1 Å². The second kappa shape index (κ2) is 5.73. The number of rotatable bonds is 6. The van der Waals surface area contributed by atoms with Crippen molar-refractivity contribution in [1.29, 1.82) is 0 Å². The highest BCUT2D eigenvalue weighted by Crippen LogP contribution is 1.96. The fraction of sp³-hybridized carbons (Fsp3) is 1.00. The van der Waals surface area contributed by atoms with Crippen molar-refractivity contribution in [1.82, 2.24) is 4.90 Å². The van der Waals surface area contributed by atoms with E-state index < -0.39 is 11.4 Å². The van der Waals surface area contributed by atoms with Gasteiger partial charge in [-0.1, -0.05) is 0 Å². The summed E-state index contributed by atoms with van der Waals surface area (Å²) in [7, 11) is 3.57. The number of nitrogens with zero attached hydrogens (tertiary/aromatic N) is 2. The van der Waals surface area contributed by atoms with E-state index in [1.807, 2.05) is 0 Å². The maximum atomic E-state index is 9.95. The summed E-state index contributed by atoms with van der Waals surface area (Å²) in [5.41, 5.74) is 0. The lowest BCUT2D eigenvalue weighted by molar-refractivity contribution is -0.780. The van der Waals surface area contributed by atoms with Gasteiger partial charge in [-0.25, -0.2) is 0 Å². The van der Waals surface area contributed by atoms with E-state index in [0.717, 1.165) is 0 Å². The molecule has 0 saturated carbocycles. The molecule has 0 fully saturated rings. The Morgan fingerprint density at radius 3 is 2.50 bits per heavy atom. The van der Waals surface area contributed by atoms with Gasteiger partial charge in [0.05, 0.1) is 0 Å². The number of hydrogen-bond donors (Lipinski definition) is 0. The van der Waals surface area contributed by atoms with Crippen LogP contribution in [0.4, 0.5) is 0 Å². The maximum absolute atomic E-state index is 9.95. The van der Waals surface area contributed by atoms with Crippen LogP contribution in [0, 0.1) is 10.1 Å². The Kier molecular flexibility index (Phi) is 5.31. The van der Waals surface area contributed by atoms with Crippen LogP contribution in [0.15, 0.2) is 0 Å². The van der Waals surface area contributed by atoms with Crippen molar-refractivity contribution in [3.8, 4) is 0 Å². The van der Waals surface area contributed by atoms with E-state index in [4.69, 9.17) is 4.74 Å². The fourth-order valence-corrected chi connectivity index (χ4v) is 0.696. The second-order valence-electron chi connectivity index (χ2n) is 2.48. The van der Waals surface area contributed by atoms with Gasteiger partial charge in [0.25, 0.3) is 5.09 Å². The Bertz CT molecular complexity index is 140. The SMILES string of the molecule is CCOC(CN(C)C)O[N+](=O)[O-]. The first kappa shape index (κ1) is 11.1. The summed E-state index contributed by atoms with van der Waals surface area (Å²) in [4.78, 5) is 16.0. The Morgan fingerprint density at radius 1 is 1.58 bits per heavy atom. The zero-order valence-corrected chi connectivity index (χ0v) is 7.52. The van der Waals surface area contributed by atoms with E-state index in [-0.39, 0.29) is 0 Å². The lowest BCUT2D eigenvalue weighted by atomic mass is 10.6. The van der Waals surface area contributed by atoms with Crippen LogP contribution in [0.5, 0.6) is 0 Å². The minimum absolute atomic E-state index is 0.370. The van der Waals surface area contributed by atoms with Gasteiger partial charge in [0, 0.05) is 13.2 Å². The lowest BCUT2D eigenvalue weighted by Gasteiger charge is -2.18. The molecule has 0 amide bonds. The van der Waals surface area contributed by atoms with Crippen molar-refractivity contribution >= 4 is 0 Å². The van der Waals surface area contributed by atoms with Gasteiger partial charge in [-0.2, -0.15) is 0 Å². The van der Waals surface area contributed by atoms with Crippen LogP contribution in [0.1, 0.15) is 6.92 Å². The minimum Gasteiger partial charge on any atom is -0.352 e. The van der Waals surface area contributed by atoms with Crippen LogP contribution < -0.4 is 0 Å². The lowest BCUT2D eigenvalue weighted by Crippen LogP contribution is -2.32. The highest BCUT2D eigenvalue weighted by Gasteiger charge is 2.13. The van der Waals surface area contributed by atoms with Crippen LogP contribution in [0.2, 0.25) is 0 Å². The Morgan fingerprint density at radius 2 is 2.17 bits per heavy atom. The molecule has 0 aliphatic carbocycles. The van der Waals surface area contributed by atoms with Crippen molar-refractivity contribution in [3.05, 3.63) is 10.1 Å². The Labute approximate surface area is 71.2 Å². The van der Waals surface area contributed by atoms with Crippen molar-refractivity contribution in [2.75, 3.05) is 27.2 Å². The highest BCUT2D eigenvalue weighted by molar-refractivity contribution is 4.46. The molecule has 1 unspecified atom stereocenters. The van der Waals surface area contributed by atoms with Gasteiger partial charge >= 0.3 is 0 Å². The van der Waals surface area contributed by atoms with Crippen molar-refractivity contribution < 1.29 is 14.7 Å². The van der Waals surface area contributed by atoms with E-state index in [0.29, 0.717) is 13.2 Å². The van der Waals surface area contributed by atoms with E-state index in [2.05, 4.69) is 4.84 Å². The summed E-state index contributed by atoms with van der Waals surface area (Å²) in [6.45, 7) is 2.52. The molecule has 6 heteroatoms. The summed E-state index contributed by atoms with van der Waals surface area (Å²) < 4.78 is 4.96. The minimum atomic E-state index is -0.843. The molecular formula is C6H14N2O4. The molecule has 72 valence electrons. The monoisotopic (exact) mass is 178 g/mol. The molecule has 0 aromatic rings. The zero-order valence-electron chi connectivity index (χ0n) is 7.52. The average Bonchev–Trinajstić information content (AvgIpc) is 1.84. The second-order valence-corrected chi connectivity index (χ2v) is 2.48. The van der Waals surface area contributed by atoms with Crippen LogP contribution in [0.3, 0.4) is 0 Å². The standard InChI is InChI=1S/C6H14N2O4/c1-4-11-6(5-7(2)3)12-8(9)10/h6H,4-5H2,1-3H3. The Balaban J connectivity index is 3.77. The largest absolute Gasteiger partial charge is 0.352 e. The predicted octanol–water partition coefficient (Wildman–Crippen LogP) is 0.119. The summed E-state index contributed by atoms with van der Waals surface area (Å²) in [5.74, 6) is 0. The van der Waals surface area contributed by atoms with Gasteiger partial charge in [-0.15, -0.1) is 10.1 Å². The number of likely N-dealkylation sites (N-methyl/N-ethyl adjacent to an activating group) is 1. The average molecular weight is 178 g/mol. The molecule has 0 radical (unpaired) electrons. The topological polar surface area (TPSA) is 64.8 Å². The van der Waals surface area contributed by atoms with Crippen LogP contribution >= 0.6 is 0 Å². The van der Waals surface area contributed by atoms with Gasteiger partial charge in [0.1, 0.15) is 0 Å². The first-order valence-corrected chi connectivity index (χ1v) is 3.63. The third-order valence-electron chi connectivity index (χ3n) is 1.07. The first-order chi connectivity index (χ1) is 5.56. The summed E-state index contributed by atoms with van der Waals surface area (Å²) in [5, 5.41) is 9.11. The smallest absolute Gasteiger partial charge is 0.297 e. The summed E-state index contributed by atoms with van der Waals surface area (Å²) >= 11 is 0. The third kappa shape index (κ3) is 5.87. The number of hydrogen-bond acceptors (Lipinski definition) is 5. The molecule has 0 heterocycles. The Hall–Kier alpha value is -0.880. The molecule has 0 aliphatic rings. The van der Waals surface area contributed by atoms with E-state index in [1.165, 1.54) is 0 Å². The predicted molar refractivity (Wildman–Crippen MR) is 42.0 cm³/mol. The van der Waals surface area contributed by atoms with Gasteiger partial charge < -0.3 is 9.64 Å². The normalized spacial score (nSPS) is 13.0. The van der Waals surface area contributed by atoms with Crippen LogP contribution in [0.25, 0.3) is 0 Å². The van der Waals surface area contributed by atoms with E-state index >= 15 is 0 Å². The molecular weight excluding hydrogens is 164 g/mol. The molecule has 0 rings (SSSR count). The maximum Gasteiger partial charge on any atom is 0.297 e. The van der Waals surface area contributed by atoms with Crippen LogP contribution in [-0.4, -0.2) is 43.5 Å². The highest BCUT2D eigenvalue weighted by atomic mass is 17.0. The molecule has 0 bridgehead atoms. The summed E-state index contributed by atoms with van der Waals surface area (Å²) in [6, 6.07) is 0. The number of ether oxygens (including phenoxy) is 1.